The van der Waals surface area contributed by atoms with Crippen LogP contribution in [0.2, 0.25) is 0 Å². The van der Waals surface area contributed by atoms with Gasteiger partial charge in [0.1, 0.15) is 5.25 Å². The first-order valence-corrected chi connectivity index (χ1v) is 9.65. The molecule has 0 aliphatic heterocycles. The van der Waals surface area contributed by atoms with Crippen molar-refractivity contribution in [2.45, 2.75) is 29.4 Å². The molecule has 1 aromatic carbocycles. The fourth-order valence-corrected chi connectivity index (χ4v) is 3.91. The number of urea groups is 1. The number of nitrogens with zero attached hydrogens (tertiary/aromatic N) is 2. The van der Waals surface area contributed by atoms with E-state index in [0.717, 1.165) is 30.1 Å². The standard InChI is InChI=1S/C16H21N5O2S2/c1-3-4-10-18-15-20-21-16(25-15)24-12(11-8-6-5-7-9-11)13(22)19-14(23)17-2/h5-9,12H,3-4,10H2,1-2H3,(H,18,20)(H2,17,19,22,23). The van der Waals surface area contributed by atoms with Crippen molar-refractivity contribution in [3.8, 4) is 0 Å². The lowest BCUT2D eigenvalue weighted by molar-refractivity contribution is -0.119. The van der Waals surface area contributed by atoms with Gasteiger partial charge in [-0.2, -0.15) is 0 Å². The van der Waals surface area contributed by atoms with Gasteiger partial charge in [0.05, 0.1) is 0 Å². The second-order valence-electron chi connectivity index (χ2n) is 5.13. The van der Waals surface area contributed by atoms with E-state index < -0.39 is 17.2 Å². The van der Waals surface area contributed by atoms with Crippen molar-refractivity contribution >= 4 is 40.2 Å². The van der Waals surface area contributed by atoms with Crippen LogP contribution in [0.25, 0.3) is 0 Å². The minimum Gasteiger partial charge on any atom is -0.360 e. The van der Waals surface area contributed by atoms with Crippen LogP contribution < -0.4 is 16.0 Å². The normalized spacial score (nSPS) is 11.6. The number of carbonyl (C=O) groups excluding carboxylic acids is 2. The molecule has 0 bridgehead atoms. The Bertz CT molecular complexity index is 693. The first-order chi connectivity index (χ1) is 12.1. The lowest BCUT2D eigenvalue weighted by Crippen LogP contribution is -2.39. The number of rotatable bonds is 8. The molecule has 0 aliphatic carbocycles. The van der Waals surface area contributed by atoms with Gasteiger partial charge in [0.25, 0.3) is 0 Å². The monoisotopic (exact) mass is 379 g/mol. The zero-order valence-corrected chi connectivity index (χ0v) is 15.7. The van der Waals surface area contributed by atoms with Crippen LogP contribution in [0.5, 0.6) is 0 Å². The van der Waals surface area contributed by atoms with Crippen molar-refractivity contribution < 1.29 is 9.59 Å². The summed E-state index contributed by atoms with van der Waals surface area (Å²) in [6.07, 6.45) is 2.16. The SMILES string of the molecule is CCCCNc1nnc(SC(C(=O)NC(=O)NC)c2ccccc2)s1. The number of aromatic nitrogens is 2. The maximum atomic E-state index is 12.5. The second kappa shape index (κ2) is 10.00. The Labute approximate surface area is 155 Å². The van der Waals surface area contributed by atoms with E-state index in [1.807, 2.05) is 30.3 Å². The Morgan fingerprint density at radius 2 is 2.00 bits per heavy atom. The molecule has 25 heavy (non-hydrogen) atoms. The largest absolute Gasteiger partial charge is 0.360 e. The number of unbranched alkanes of at least 4 members (excludes halogenated alkanes) is 1. The van der Waals surface area contributed by atoms with Crippen molar-refractivity contribution in [3.63, 3.8) is 0 Å². The molecule has 0 saturated carbocycles. The molecule has 2 aromatic rings. The number of carbonyl (C=O) groups is 2. The third-order valence-corrected chi connectivity index (χ3v) is 5.46. The highest BCUT2D eigenvalue weighted by atomic mass is 32.2. The molecule has 0 spiro atoms. The minimum atomic E-state index is -0.588. The van der Waals surface area contributed by atoms with Gasteiger partial charge in [-0.15, -0.1) is 10.2 Å². The fraction of sp³-hybridized carbons (Fsp3) is 0.375. The molecule has 1 atom stereocenters. The summed E-state index contributed by atoms with van der Waals surface area (Å²) >= 11 is 2.67. The summed E-state index contributed by atoms with van der Waals surface area (Å²) in [5.41, 5.74) is 0.796. The van der Waals surface area contributed by atoms with E-state index >= 15 is 0 Å². The fourth-order valence-electron chi connectivity index (χ4n) is 1.94. The summed E-state index contributed by atoms with van der Waals surface area (Å²) < 4.78 is 0.667. The van der Waals surface area contributed by atoms with Crippen LogP contribution in [0.4, 0.5) is 9.93 Å². The third-order valence-electron chi connectivity index (χ3n) is 3.24. The molecule has 0 fully saturated rings. The minimum absolute atomic E-state index is 0.397. The average Bonchev–Trinajstić information content (AvgIpc) is 3.08. The number of hydrogen-bond donors (Lipinski definition) is 3. The van der Waals surface area contributed by atoms with Gasteiger partial charge < -0.3 is 10.6 Å². The average molecular weight is 380 g/mol. The van der Waals surface area contributed by atoms with E-state index in [0.29, 0.717) is 4.34 Å². The van der Waals surface area contributed by atoms with Crippen LogP contribution in [0.15, 0.2) is 34.7 Å². The predicted octanol–water partition coefficient (Wildman–Crippen LogP) is 3.04. The molecule has 1 heterocycles. The molecular weight excluding hydrogens is 358 g/mol. The summed E-state index contributed by atoms with van der Waals surface area (Å²) in [4.78, 5) is 24.0. The molecule has 1 unspecified atom stereocenters. The van der Waals surface area contributed by atoms with Crippen molar-refractivity contribution in [2.75, 3.05) is 18.9 Å². The summed E-state index contributed by atoms with van der Waals surface area (Å²) in [6, 6.07) is 8.75. The van der Waals surface area contributed by atoms with Crippen LogP contribution >= 0.6 is 23.1 Å². The Morgan fingerprint density at radius 3 is 2.68 bits per heavy atom. The topological polar surface area (TPSA) is 96.0 Å². The Kier molecular flexibility index (Phi) is 7.68. The van der Waals surface area contributed by atoms with E-state index in [2.05, 4.69) is 33.1 Å². The van der Waals surface area contributed by atoms with Gasteiger partial charge in [0.15, 0.2) is 4.34 Å². The lowest BCUT2D eigenvalue weighted by atomic mass is 10.1. The summed E-state index contributed by atoms with van der Waals surface area (Å²) in [5.74, 6) is -0.397. The summed E-state index contributed by atoms with van der Waals surface area (Å²) in [5, 5.41) is 16.3. The molecule has 0 radical (unpaired) electrons. The quantitative estimate of drug-likeness (QED) is 0.482. The highest BCUT2D eigenvalue weighted by Gasteiger charge is 2.25. The van der Waals surface area contributed by atoms with E-state index in [1.165, 1.54) is 30.1 Å². The number of hydrogen-bond acceptors (Lipinski definition) is 7. The highest BCUT2D eigenvalue weighted by molar-refractivity contribution is 8.01. The van der Waals surface area contributed by atoms with Gasteiger partial charge in [-0.3, -0.25) is 10.1 Å². The zero-order valence-electron chi connectivity index (χ0n) is 14.1. The Hall–Kier alpha value is -2.13. The van der Waals surface area contributed by atoms with Gasteiger partial charge >= 0.3 is 6.03 Å². The molecule has 0 aliphatic rings. The molecule has 2 rings (SSSR count). The Morgan fingerprint density at radius 1 is 1.24 bits per heavy atom. The molecule has 3 amide bonds. The second-order valence-corrected chi connectivity index (χ2v) is 7.46. The summed E-state index contributed by atoms with van der Waals surface area (Å²) in [7, 11) is 1.46. The maximum Gasteiger partial charge on any atom is 0.321 e. The zero-order chi connectivity index (χ0) is 18.1. The van der Waals surface area contributed by atoms with Gasteiger partial charge in [0, 0.05) is 13.6 Å². The van der Waals surface area contributed by atoms with Gasteiger partial charge in [-0.1, -0.05) is 66.8 Å². The van der Waals surface area contributed by atoms with Gasteiger partial charge in [0.2, 0.25) is 11.0 Å². The maximum absolute atomic E-state index is 12.5. The molecule has 9 heteroatoms. The molecule has 7 nitrogen and oxygen atoms in total. The van der Waals surface area contributed by atoms with Crippen LogP contribution in [-0.2, 0) is 4.79 Å². The number of anilines is 1. The van der Waals surface area contributed by atoms with Crippen LogP contribution in [-0.4, -0.2) is 35.7 Å². The molecule has 1 aromatic heterocycles. The van der Waals surface area contributed by atoms with E-state index in [1.54, 1.807) is 0 Å². The Balaban J connectivity index is 2.11. The van der Waals surface area contributed by atoms with E-state index in [-0.39, 0.29) is 0 Å². The molecule has 0 saturated heterocycles. The molecule has 3 N–H and O–H groups in total. The van der Waals surface area contributed by atoms with Crippen LogP contribution in [0.1, 0.15) is 30.6 Å². The van der Waals surface area contributed by atoms with E-state index in [9.17, 15) is 9.59 Å². The smallest absolute Gasteiger partial charge is 0.321 e. The lowest BCUT2D eigenvalue weighted by Gasteiger charge is -2.14. The van der Waals surface area contributed by atoms with Crippen molar-refractivity contribution in [1.82, 2.24) is 20.8 Å². The van der Waals surface area contributed by atoms with Gasteiger partial charge in [-0.05, 0) is 12.0 Å². The summed E-state index contributed by atoms with van der Waals surface area (Å²) in [6.45, 7) is 2.97. The number of benzene rings is 1. The highest BCUT2D eigenvalue weighted by Crippen LogP contribution is 2.37. The third kappa shape index (κ3) is 6.02. The number of nitrogens with one attached hydrogen (secondary N) is 3. The predicted molar refractivity (Wildman–Crippen MR) is 101 cm³/mol. The van der Waals surface area contributed by atoms with Crippen molar-refractivity contribution in [2.24, 2.45) is 0 Å². The van der Waals surface area contributed by atoms with Gasteiger partial charge in [-0.25, -0.2) is 4.79 Å². The molecule has 134 valence electrons. The van der Waals surface area contributed by atoms with Crippen LogP contribution in [0.3, 0.4) is 0 Å². The van der Waals surface area contributed by atoms with Crippen LogP contribution in [0, 0.1) is 0 Å². The first-order valence-electron chi connectivity index (χ1n) is 7.95. The van der Waals surface area contributed by atoms with Crippen molar-refractivity contribution in [1.29, 1.82) is 0 Å². The number of imide groups is 1. The van der Waals surface area contributed by atoms with E-state index in [4.69, 9.17) is 0 Å². The first kappa shape index (κ1) is 19.2. The number of amides is 3. The molecular formula is C16H21N5O2S2. The van der Waals surface area contributed by atoms with Crippen molar-refractivity contribution in [3.05, 3.63) is 35.9 Å². The number of thioether (sulfide) groups is 1.